The maximum absolute atomic E-state index is 9.48. The summed E-state index contributed by atoms with van der Waals surface area (Å²) in [4.78, 5) is 4.71. The van der Waals surface area contributed by atoms with Crippen molar-refractivity contribution in [2.24, 2.45) is 0 Å². The van der Waals surface area contributed by atoms with Crippen LogP contribution in [0.4, 0.5) is 0 Å². The molecule has 0 aliphatic carbocycles. The molecule has 0 atom stereocenters. The topological polar surface area (TPSA) is 41.6 Å². The van der Waals surface area contributed by atoms with Gasteiger partial charge in [-0.3, -0.25) is 4.98 Å². The van der Waals surface area contributed by atoms with E-state index in [4.69, 9.17) is 4.98 Å². The quantitative estimate of drug-likeness (QED) is 0.174. The molecule has 0 saturated heterocycles. The standard InChI is InChI=1S/C34H22N3.Ir/c35-24-25-11-10-18-29(21-25)34-36-19-20-37(34)33-31(27-14-6-2-7-15-27)22-30(26-12-4-1-5-13-26)23-32(33)28-16-8-3-9-17-28;/h1-17,19-23H;/q-1;. The molecular weight excluding hydrogens is 643 g/mol. The van der Waals surface area contributed by atoms with Crippen LogP contribution in [0, 0.1) is 17.4 Å². The number of aromatic nitrogens is 2. The summed E-state index contributed by atoms with van der Waals surface area (Å²) < 4.78 is 2.12. The fourth-order valence-corrected chi connectivity index (χ4v) is 4.72. The second-order valence-electron chi connectivity index (χ2n) is 8.74. The predicted molar refractivity (Wildman–Crippen MR) is 149 cm³/mol. The van der Waals surface area contributed by atoms with Gasteiger partial charge in [-0.15, -0.1) is 29.8 Å². The Bertz CT molecular complexity index is 1660. The van der Waals surface area contributed by atoms with Gasteiger partial charge in [-0.2, -0.15) is 5.26 Å². The minimum absolute atomic E-state index is 0. The number of nitriles is 1. The summed E-state index contributed by atoms with van der Waals surface area (Å²) in [6.45, 7) is 0. The Kier molecular flexibility index (Phi) is 7.42. The van der Waals surface area contributed by atoms with Gasteiger partial charge in [-0.1, -0.05) is 91.0 Å². The smallest absolute Gasteiger partial charge is 0.0789 e. The van der Waals surface area contributed by atoms with Crippen LogP contribution in [0.5, 0.6) is 0 Å². The van der Waals surface area contributed by atoms with Gasteiger partial charge in [0.2, 0.25) is 0 Å². The third kappa shape index (κ3) is 4.86. The normalized spacial score (nSPS) is 10.4. The van der Waals surface area contributed by atoms with Crippen molar-refractivity contribution < 1.29 is 20.1 Å². The average molecular weight is 665 g/mol. The molecule has 6 rings (SSSR count). The Labute approximate surface area is 236 Å². The van der Waals surface area contributed by atoms with Gasteiger partial charge in [0.1, 0.15) is 0 Å². The Morgan fingerprint density at radius 1 is 0.658 bits per heavy atom. The third-order valence-corrected chi connectivity index (χ3v) is 6.44. The molecule has 0 aliphatic heterocycles. The fourth-order valence-electron chi connectivity index (χ4n) is 4.72. The van der Waals surface area contributed by atoms with Crippen molar-refractivity contribution in [1.82, 2.24) is 9.55 Å². The minimum Gasteiger partial charge on any atom is -0.339 e. The number of imidazole rings is 1. The molecule has 3 nitrogen and oxygen atoms in total. The van der Waals surface area contributed by atoms with E-state index in [0.29, 0.717) is 5.56 Å². The molecule has 0 aliphatic rings. The first kappa shape index (κ1) is 25.1. The monoisotopic (exact) mass is 665 g/mol. The summed E-state index contributed by atoms with van der Waals surface area (Å²) in [5.41, 5.74) is 9.09. The Balaban J connectivity index is 0.00000294. The number of nitrogens with zero attached hydrogens (tertiary/aromatic N) is 3. The van der Waals surface area contributed by atoms with E-state index in [1.54, 1.807) is 18.3 Å². The summed E-state index contributed by atoms with van der Waals surface area (Å²) in [5, 5.41) is 9.48. The van der Waals surface area contributed by atoms with Crippen LogP contribution in [0.2, 0.25) is 0 Å². The van der Waals surface area contributed by atoms with Gasteiger partial charge in [-0.25, -0.2) is 0 Å². The van der Waals surface area contributed by atoms with Crippen molar-refractivity contribution in [3.8, 4) is 56.5 Å². The number of benzene rings is 5. The van der Waals surface area contributed by atoms with Crippen LogP contribution in [-0.4, -0.2) is 9.55 Å². The second-order valence-corrected chi connectivity index (χ2v) is 8.74. The molecule has 1 heterocycles. The molecule has 0 unspecified atom stereocenters. The number of hydrogen-bond acceptors (Lipinski definition) is 2. The SMILES string of the molecule is N#Cc1cc[c-]c(-c2nccn2-c2c(-c3ccccc3)cc(-c3ccccc3)cc2-c2ccccc2)c1.[Ir]. The van der Waals surface area contributed by atoms with E-state index < -0.39 is 0 Å². The van der Waals surface area contributed by atoms with Crippen molar-refractivity contribution in [3.63, 3.8) is 0 Å². The van der Waals surface area contributed by atoms with Crippen LogP contribution < -0.4 is 0 Å². The molecule has 0 N–H and O–H groups in total. The van der Waals surface area contributed by atoms with Gasteiger partial charge < -0.3 is 4.57 Å². The maximum atomic E-state index is 9.48. The molecule has 0 amide bonds. The van der Waals surface area contributed by atoms with Crippen molar-refractivity contribution in [2.45, 2.75) is 0 Å². The van der Waals surface area contributed by atoms with E-state index in [9.17, 15) is 5.26 Å². The largest absolute Gasteiger partial charge is 0.339 e. The first-order valence-electron chi connectivity index (χ1n) is 12.1. The van der Waals surface area contributed by atoms with Gasteiger partial charge >= 0.3 is 0 Å². The Hall–Kier alpha value is -4.55. The summed E-state index contributed by atoms with van der Waals surface area (Å²) in [6.07, 6.45) is 3.79. The maximum Gasteiger partial charge on any atom is 0.0789 e. The molecular formula is C34H22IrN3-. The molecule has 0 spiro atoms. The zero-order valence-electron chi connectivity index (χ0n) is 20.4. The fraction of sp³-hybridized carbons (Fsp3) is 0. The van der Waals surface area contributed by atoms with E-state index >= 15 is 0 Å². The molecule has 183 valence electrons. The average Bonchev–Trinajstić information content (AvgIpc) is 3.47. The van der Waals surface area contributed by atoms with E-state index in [1.165, 1.54) is 0 Å². The number of hydrogen-bond donors (Lipinski definition) is 0. The zero-order valence-corrected chi connectivity index (χ0v) is 22.8. The molecule has 5 aromatic carbocycles. The minimum atomic E-state index is 0. The van der Waals surface area contributed by atoms with Crippen molar-refractivity contribution in [1.29, 1.82) is 5.26 Å². The summed E-state index contributed by atoms with van der Waals surface area (Å²) in [6, 6.07) is 46.7. The van der Waals surface area contributed by atoms with Crippen molar-refractivity contribution >= 4 is 0 Å². The molecule has 0 fully saturated rings. The molecule has 0 bridgehead atoms. The van der Waals surface area contributed by atoms with Crippen molar-refractivity contribution in [3.05, 3.63) is 145 Å². The summed E-state index contributed by atoms with van der Waals surface area (Å²) in [5.74, 6) is 0.735. The van der Waals surface area contributed by atoms with Gasteiger partial charge in [0.15, 0.2) is 0 Å². The van der Waals surface area contributed by atoms with E-state index in [0.717, 1.165) is 50.5 Å². The summed E-state index contributed by atoms with van der Waals surface area (Å²) in [7, 11) is 0. The molecule has 6 aromatic rings. The van der Waals surface area contributed by atoms with E-state index in [1.807, 2.05) is 30.5 Å². The Morgan fingerprint density at radius 3 is 1.76 bits per heavy atom. The van der Waals surface area contributed by atoms with Gasteiger partial charge in [0.05, 0.1) is 17.6 Å². The van der Waals surface area contributed by atoms with Crippen LogP contribution in [0.1, 0.15) is 5.56 Å². The predicted octanol–water partition coefficient (Wildman–Crippen LogP) is 8.21. The van der Waals surface area contributed by atoms with Gasteiger partial charge in [-0.05, 0) is 39.9 Å². The van der Waals surface area contributed by atoms with Crippen molar-refractivity contribution in [2.75, 3.05) is 0 Å². The number of rotatable bonds is 5. The Morgan fingerprint density at radius 2 is 1.21 bits per heavy atom. The third-order valence-electron chi connectivity index (χ3n) is 6.44. The molecule has 1 aromatic heterocycles. The second kappa shape index (κ2) is 11.2. The van der Waals surface area contributed by atoms with Crippen LogP contribution in [0.25, 0.3) is 50.5 Å². The first-order chi connectivity index (χ1) is 18.3. The zero-order chi connectivity index (χ0) is 25.0. The molecule has 4 heteroatoms. The van der Waals surface area contributed by atoms with Crippen LogP contribution >= 0.6 is 0 Å². The van der Waals surface area contributed by atoms with Crippen LogP contribution in [-0.2, 0) is 20.1 Å². The molecule has 1 radical (unpaired) electrons. The molecule has 38 heavy (non-hydrogen) atoms. The first-order valence-corrected chi connectivity index (χ1v) is 12.1. The van der Waals surface area contributed by atoms with Crippen LogP contribution in [0.15, 0.2) is 134 Å². The van der Waals surface area contributed by atoms with Crippen LogP contribution in [0.3, 0.4) is 0 Å². The molecule has 0 saturated carbocycles. The van der Waals surface area contributed by atoms with E-state index in [2.05, 4.69) is 102 Å². The van der Waals surface area contributed by atoms with E-state index in [-0.39, 0.29) is 20.1 Å². The van der Waals surface area contributed by atoms with Gasteiger partial charge in [0.25, 0.3) is 0 Å². The summed E-state index contributed by atoms with van der Waals surface area (Å²) >= 11 is 0. The van der Waals surface area contributed by atoms with Gasteiger partial charge in [0, 0.05) is 43.6 Å².